The van der Waals surface area contributed by atoms with Crippen molar-refractivity contribution in [3.63, 3.8) is 0 Å². The number of rotatable bonds is 2. The molecule has 0 spiro atoms. The first kappa shape index (κ1) is 11.0. The molecular weight excluding hydrogens is 242 g/mol. The van der Waals surface area contributed by atoms with Crippen LogP contribution in [0.1, 0.15) is 6.42 Å². The minimum absolute atomic E-state index is 0.603. The summed E-state index contributed by atoms with van der Waals surface area (Å²) in [5.74, 6) is 0. The number of nitrogens with one attached hydrogen (secondary N) is 1. The first-order chi connectivity index (χ1) is 6.54. The highest BCUT2D eigenvalue weighted by Crippen LogP contribution is 2.31. The van der Waals surface area contributed by atoms with Crippen LogP contribution in [0.3, 0.4) is 0 Å². The summed E-state index contributed by atoms with van der Waals surface area (Å²) < 4.78 is -1.11. The van der Waals surface area contributed by atoms with Gasteiger partial charge in [-0.15, -0.1) is 0 Å². The molecule has 80 valence electrons. The molecule has 0 aliphatic carbocycles. The number of halogens is 3. The zero-order valence-electron chi connectivity index (χ0n) is 7.82. The minimum atomic E-state index is -1.11. The van der Waals surface area contributed by atoms with Gasteiger partial charge in [-0.1, -0.05) is 34.8 Å². The van der Waals surface area contributed by atoms with Crippen molar-refractivity contribution in [1.82, 2.24) is 10.2 Å². The summed E-state index contributed by atoms with van der Waals surface area (Å²) in [4.78, 5) is 2.34. The number of hydrogen-bond donors (Lipinski definition) is 1. The highest BCUT2D eigenvalue weighted by molar-refractivity contribution is 6.67. The fourth-order valence-electron chi connectivity index (χ4n) is 1.99. The Hall–Kier alpha value is 0.530. The second kappa shape index (κ2) is 4.18. The second-order valence-corrected chi connectivity index (χ2v) is 6.40. The molecule has 0 aromatic heterocycles. The average molecular weight is 256 g/mol. The van der Waals surface area contributed by atoms with E-state index in [1.807, 2.05) is 0 Å². The molecule has 0 bridgehead atoms. The van der Waals surface area contributed by atoms with E-state index in [1.54, 1.807) is 0 Å². The first-order valence-electron chi connectivity index (χ1n) is 4.74. The zero-order chi connectivity index (χ0) is 10.2. The van der Waals surface area contributed by atoms with Crippen molar-refractivity contribution in [3.8, 4) is 0 Å². The second-order valence-electron chi connectivity index (χ2n) is 3.89. The lowest BCUT2D eigenvalue weighted by Crippen LogP contribution is -2.29. The third kappa shape index (κ3) is 2.77. The van der Waals surface area contributed by atoms with Gasteiger partial charge < -0.3 is 5.32 Å². The Bertz CT molecular complexity index is 241. The van der Waals surface area contributed by atoms with Gasteiger partial charge in [0.15, 0.2) is 3.79 Å². The quantitative estimate of drug-likeness (QED) is 0.599. The maximum absolute atomic E-state index is 5.71. The molecule has 2 heterocycles. The van der Waals surface area contributed by atoms with E-state index in [0.717, 1.165) is 32.7 Å². The Labute approximate surface area is 99.2 Å². The summed E-state index contributed by atoms with van der Waals surface area (Å²) in [6.07, 6.45) is 0.603. The van der Waals surface area contributed by atoms with Crippen LogP contribution >= 0.6 is 34.8 Å². The van der Waals surface area contributed by atoms with Crippen LogP contribution in [-0.2, 0) is 0 Å². The van der Waals surface area contributed by atoms with Gasteiger partial charge in [-0.25, -0.2) is 0 Å². The summed E-state index contributed by atoms with van der Waals surface area (Å²) in [6.45, 7) is 5.04. The van der Waals surface area contributed by atoms with Crippen molar-refractivity contribution < 1.29 is 0 Å². The van der Waals surface area contributed by atoms with Crippen LogP contribution < -0.4 is 5.32 Å². The van der Waals surface area contributed by atoms with Gasteiger partial charge in [0.1, 0.15) is 0 Å². The monoisotopic (exact) mass is 254 g/mol. The Kier molecular flexibility index (Phi) is 3.30. The first-order valence-corrected chi connectivity index (χ1v) is 5.87. The van der Waals surface area contributed by atoms with E-state index in [1.165, 1.54) is 11.1 Å². The normalized spacial score (nSPS) is 23.4. The van der Waals surface area contributed by atoms with E-state index in [2.05, 4.69) is 10.2 Å². The fourth-order valence-corrected chi connectivity index (χ4v) is 2.24. The van der Waals surface area contributed by atoms with E-state index in [9.17, 15) is 0 Å². The van der Waals surface area contributed by atoms with Crippen LogP contribution in [0, 0.1) is 0 Å². The summed E-state index contributed by atoms with van der Waals surface area (Å²) in [6, 6.07) is 0. The van der Waals surface area contributed by atoms with Crippen molar-refractivity contribution in [3.05, 3.63) is 11.1 Å². The van der Waals surface area contributed by atoms with Crippen LogP contribution in [0.2, 0.25) is 0 Å². The third-order valence-electron chi connectivity index (χ3n) is 2.72. The van der Waals surface area contributed by atoms with Gasteiger partial charge in [0.25, 0.3) is 0 Å². The molecule has 2 aliphatic rings. The van der Waals surface area contributed by atoms with Crippen molar-refractivity contribution >= 4 is 34.8 Å². The molecule has 0 atom stereocenters. The van der Waals surface area contributed by atoms with E-state index < -0.39 is 3.79 Å². The predicted molar refractivity (Wildman–Crippen MR) is 61.2 cm³/mol. The van der Waals surface area contributed by atoms with Crippen molar-refractivity contribution in [2.45, 2.75) is 10.2 Å². The Morgan fingerprint density at radius 2 is 1.71 bits per heavy atom. The van der Waals surface area contributed by atoms with Crippen LogP contribution in [-0.4, -0.2) is 41.4 Å². The van der Waals surface area contributed by atoms with E-state index in [-0.39, 0.29) is 0 Å². The van der Waals surface area contributed by atoms with Gasteiger partial charge >= 0.3 is 0 Å². The number of alkyl halides is 3. The molecule has 0 aromatic rings. The van der Waals surface area contributed by atoms with Gasteiger partial charge in [0.05, 0.1) is 0 Å². The standard InChI is InChI=1S/C9H13Cl3N2/c10-9(11,12)1-2-14-5-7-3-13-4-8(7)6-14/h13H,1-6H2. The molecule has 2 nitrogen and oxygen atoms in total. The molecular formula is C9H13Cl3N2. The molecule has 0 saturated carbocycles. The van der Waals surface area contributed by atoms with Crippen LogP contribution in [0.4, 0.5) is 0 Å². The fraction of sp³-hybridized carbons (Fsp3) is 0.778. The molecule has 0 amide bonds. The molecule has 0 unspecified atom stereocenters. The summed E-state index contributed by atoms with van der Waals surface area (Å²) in [5.41, 5.74) is 3.07. The van der Waals surface area contributed by atoms with Gasteiger partial charge in [-0.2, -0.15) is 0 Å². The molecule has 2 aliphatic heterocycles. The molecule has 0 saturated heterocycles. The Morgan fingerprint density at radius 3 is 2.21 bits per heavy atom. The van der Waals surface area contributed by atoms with Crippen molar-refractivity contribution in [1.29, 1.82) is 0 Å². The maximum Gasteiger partial charge on any atom is 0.191 e. The molecule has 0 fully saturated rings. The summed E-state index contributed by atoms with van der Waals surface area (Å²) >= 11 is 17.1. The summed E-state index contributed by atoms with van der Waals surface area (Å²) in [5, 5.41) is 3.34. The number of hydrogen-bond acceptors (Lipinski definition) is 2. The topological polar surface area (TPSA) is 15.3 Å². The minimum Gasteiger partial charge on any atom is -0.309 e. The highest BCUT2D eigenvalue weighted by Gasteiger charge is 2.27. The molecule has 14 heavy (non-hydrogen) atoms. The predicted octanol–water partition coefficient (Wildman–Crippen LogP) is 1.96. The lowest BCUT2D eigenvalue weighted by molar-refractivity contribution is 0.334. The molecule has 0 radical (unpaired) electrons. The molecule has 1 N–H and O–H groups in total. The van der Waals surface area contributed by atoms with Crippen LogP contribution in [0.5, 0.6) is 0 Å². The average Bonchev–Trinajstić information content (AvgIpc) is 2.56. The zero-order valence-corrected chi connectivity index (χ0v) is 10.1. The molecule has 2 rings (SSSR count). The van der Waals surface area contributed by atoms with E-state index >= 15 is 0 Å². The highest BCUT2D eigenvalue weighted by atomic mass is 35.6. The van der Waals surface area contributed by atoms with Crippen LogP contribution in [0.15, 0.2) is 11.1 Å². The lowest BCUT2D eigenvalue weighted by atomic mass is 10.2. The largest absolute Gasteiger partial charge is 0.309 e. The SMILES string of the molecule is ClC(Cl)(Cl)CCN1CC2=C(CNC2)C1. The Morgan fingerprint density at radius 1 is 1.14 bits per heavy atom. The molecule has 5 heteroatoms. The summed E-state index contributed by atoms with van der Waals surface area (Å²) in [7, 11) is 0. The van der Waals surface area contributed by atoms with Gasteiger partial charge in [-0.05, 0) is 11.1 Å². The van der Waals surface area contributed by atoms with Gasteiger partial charge in [0.2, 0.25) is 0 Å². The van der Waals surface area contributed by atoms with Crippen LogP contribution in [0.25, 0.3) is 0 Å². The van der Waals surface area contributed by atoms with Crippen molar-refractivity contribution in [2.75, 3.05) is 32.7 Å². The molecule has 0 aromatic carbocycles. The van der Waals surface area contributed by atoms with E-state index in [0.29, 0.717) is 6.42 Å². The lowest BCUT2D eigenvalue weighted by Gasteiger charge is -2.20. The smallest absolute Gasteiger partial charge is 0.191 e. The van der Waals surface area contributed by atoms with Crippen molar-refractivity contribution in [2.24, 2.45) is 0 Å². The van der Waals surface area contributed by atoms with Gasteiger partial charge in [-0.3, -0.25) is 4.90 Å². The Balaban J connectivity index is 1.77. The third-order valence-corrected chi connectivity index (χ3v) is 3.28. The number of nitrogens with zero attached hydrogens (tertiary/aromatic N) is 1. The van der Waals surface area contributed by atoms with E-state index in [4.69, 9.17) is 34.8 Å². The maximum atomic E-state index is 5.71. The van der Waals surface area contributed by atoms with Gasteiger partial charge in [0, 0.05) is 39.1 Å².